The maximum Gasteiger partial charge on any atom is 0.0607 e. The largest absolute Gasteiger partial charge is 0.367 e. The molecule has 0 aromatic rings. The van der Waals surface area contributed by atoms with Crippen molar-refractivity contribution in [3.05, 3.63) is 35.8 Å². The molecule has 0 amide bonds. The second-order valence-electron chi connectivity index (χ2n) is 8.06. The highest BCUT2D eigenvalue weighted by atomic mass is 15.3. The first kappa shape index (κ1) is 15.7. The molecule has 1 saturated carbocycles. The maximum atomic E-state index is 4.42. The lowest BCUT2D eigenvalue weighted by Gasteiger charge is -2.43. The zero-order chi connectivity index (χ0) is 15.7. The number of hydrogen-bond donors (Lipinski definition) is 0. The second kappa shape index (κ2) is 6.14. The summed E-state index contributed by atoms with van der Waals surface area (Å²) in [6.07, 6.45) is 15.3. The van der Waals surface area contributed by atoms with Crippen molar-refractivity contribution in [1.82, 2.24) is 9.80 Å². The number of allylic oxidation sites excluding steroid dienone is 2. The van der Waals surface area contributed by atoms with E-state index in [0.717, 1.165) is 25.4 Å². The van der Waals surface area contributed by atoms with Gasteiger partial charge in [-0.2, -0.15) is 0 Å². The Balaban J connectivity index is 1.95. The summed E-state index contributed by atoms with van der Waals surface area (Å²) in [5.41, 5.74) is 4.30. The SMILES string of the molecule is C=C1CCN(C2CCCCC2)C2=CCCC=C2N1C(C)(C)C. The molecule has 2 fully saturated rings. The van der Waals surface area contributed by atoms with Crippen molar-refractivity contribution in [1.29, 1.82) is 0 Å². The minimum atomic E-state index is 0.0991. The van der Waals surface area contributed by atoms with E-state index in [-0.39, 0.29) is 5.54 Å². The fraction of sp³-hybridized carbons (Fsp3) is 0.700. The van der Waals surface area contributed by atoms with Gasteiger partial charge >= 0.3 is 0 Å². The first-order valence-electron chi connectivity index (χ1n) is 9.14. The Labute approximate surface area is 136 Å². The Hall–Kier alpha value is -1.18. The Morgan fingerprint density at radius 2 is 1.64 bits per heavy atom. The summed E-state index contributed by atoms with van der Waals surface area (Å²) in [6.45, 7) is 12.5. The van der Waals surface area contributed by atoms with Crippen LogP contribution in [0.5, 0.6) is 0 Å². The van der Waals surface area contributed by atoms with Gasteiger partial charge in [0.15, 0.2) is 0 Å². The van der Waals surface area contributed by atoms with Crippen molar-refractivity contribution in [3.8, 4) is 0 Å². The first-order chi connectivity index (χ1) is 10.5. The van der Waals surface area contributed by atoms with Crippen LogP contribution in [0.15, 0.2) is 35.8 Å². The van der Waals surface area contributed by atoms with Crippen molar-refractivity contribution in [2.75, 3.05) is 6.54 Å². The highest BCUT2D eigenvalue weighted by Crippen LogP contribution is 2.39. The standard InChI is InChI=1S/C20H32N2/c1-16-14-15-21(17-10-6-5-7-11-17)18-12-8-9-13-19(18)22(16)20(2,3)4/h12-13,17H,1,5-11,14-15H2,2-4H3. The molecule has 0 spiro atoms. The molecule has 1 heterocycles. The van der Waals surface area contributed by atoms with Crippen LogP contribution in [0, 0.1) is 0 Å². The highest BCUT2D eigenvalue weighted by Gasteiger charge is 2.35. The van der Waals surface area contributed by atoms with Crippen LogP contribution in [0.2, 0.25) is 0 Å². The van der Waals surface area contributed by atoms with Gasteiger partial charge in [-0.1, -0.05) is 38.0 Å². The Bertz CT molecular complexity index is 486. The molecular formula is C20H32N2. The van der Waals surface area contributed by atoms with Crippen molar-refractivity contribution in [3.63, 3.8) is 0 Å². The molecule has 0 bridgehead atoms. The zero-order valence-electron chi connectivity index (χ0n) is 14.7. The molecule has 0 aromatic carbocycles. The summed E-state index contributed by atoms with van der Waals surface area (Å²) in [5, 5.41) is 0. The third-order valence-corrected chi connectivity index (χ3v) is 5.30. The Morgan fingerprint density at radius 3 is 2.27 bits per heavy atom. The van der Waals surface area contributed by atoms with Crippen LogP contribution in [0.1, 0.15) is 72.1 Å². The average Bonchev–Trinajstić information content (AvgIpc) is 2.63. The van der Waals surface area contributed by atoms with E-state index in [2.05, 4.69) is 49.3 Å². The molecule has 3 aliphatic rings. The summed E-state index contributed by atoms with van der Waals surface area (Å²) in [4.78, 5) is 5.22. The molecule has 0 atom stereocenters. The first-order valence-corrected chi connectivity index (χ1v) is 9.14. The molecule has 1 aliphatic heterocycles. The third-order valence-electron chi connectivity index (χ3n) is 5.30. The second-order valence-corrected chi connectivity index (χ2v) is 8.06. The van der Waals surface area contributed by atoms with Gasteiger partial charge in [-0.25, -0.2) is 0 Å². The van der Waals surface area contributed by atoms with E-state index in [0.29, 0.717) is 0 Å². The van der Waals surface area contributed by atoms with Crippen LogP contribution in [-0.2, 0) is 0 Å². The topological polar surface area (TPSA) is 6.48 Å². The number of rotatable bonds is 1. The van der Waals surface area contributed by atoms with E-state index >= 15 is 0 Å². The van der Waals surface area contributed by atoms with Gasteiger partial charge in [0.1, 0.15) is 0 Å². The molecule has 1 saturated heterocycles. The minimum Gasteiger partial charge on any atom is -0.367 e. The lowest BCUT2D eigenvalue weighted by atomic mass is 9.92. The molecule has 0 N–H and O–H groups in total. The van der Waals surface area contributed by atoms with E-state index in [9.17, 15) is 0 Å². The van der Waals surface area contributed by atoms with Gasteiger partial charge in [0.25, 0.3) is 0 Å². The van der Waals surface area contributed by atoms with Crippen LogP contribution < -0.4 is 0 Å². The van der Waals surface area contributed by atoms with Crippen LogP contribution >= 0.6 is 0 Å². The van der Waals surface area contributed by atoms with E-state index in [1.54, 1.807) is 0 Å². The monoisotopic (exact) mass is 300 g/mol. The van der Waals surface area contributed by atoms with Crippen LogP contribution in [0.25, 0.3) is 0 Å². The lowest BCUT2D eigenvalue weighted by molar-refractivity contribution is 0.201. The molecule has 2 aliphatic carbocycles. The Morgan fingerprint density at radius 1 is 1.00 bits per heavy atom. The predicted molar refractivity (Wildman–Crippen MR) is 94.3 cm³/mol. The van der Waals surface area contributed by atoms with Gasteiger partial charge in [0, 0.05) is 30.2 Å². The average molecular weight is 300 g/mol. The lowest BCUT2D eigenvalue weighted by Crippen LogP contribution is -2.42. The van der Waals surface area contributed by atoms with E-state index < -0.39 is 0 Å². The zero-order valence-corrected chi connectivity index (χ0v) is 14.7. The molecule has 122 valence electrons. The number of nitrogens with zero attached hydrogens (tertiary/aromatic N) is 2. The quantitative estimate of drug-likeness (QED) is 0.656. The summed E-state index contributed by atoms with van der Waals surface area (Å²) in [7, 11) is 0. The smallest absolute Gasteiger partial charge is 0.0607 e. The molecule has 0 unspecified atom stereocenters. The molecule has 3 rings (SSSR count). The van der Waals surface area contributed by atoms with Gasteiger partial charge in [-0.15, -0.1) is 0 Å². The fourth-order valence-electron chi connectivity index (χ4n) is 4.38. The van der Waals surface area contributed by atoms with Gasteiger partial charge in [-0.05, 0) is 46.5 Å². The maximum absolute atomic E-state index is 4.42. The predicted octanol–water partition coefficient (Wildman–Crippen LogP) is 5.20. The molecule has 22 heavy (non-hydrogen) atoms. The number of hydrogen-bond acceptors (Lipinski definition) is 2. The normalized spacial score (nSPS) is 24.6. The van der Waals surface area contributed by atoms with Crippen molar-refractivity contribution < 1.29 is 0 Å². The van der Waals surface area contributed by atoms with E-state index in [1.807, 2.05) is 0 Å². The molecular weight excluding hydrogens is 268 g/mol. The summed E-state index contributed by atoms with van der Waals surface area (Å²) in [6, 6.07) is 0.745. The molecule has 2 nitrogen and oxygen atoms in total. The van der Waals surface area contributed by atoms with Crippen molar-refractivity contribution in [2.24, 2.45) is 0 Å². The van der Waals surface area contributed by atoms with Gasteiger partial charge in [-0.3, -0.25) is 0 Å². The van der Waals surface area contributed by atoms with Gasteiger partial charge in [0.05, 0.1) is 11.4 Å². The number of fused-ring (bicyclic) bond motifs is 1. The summed E-state index contributed by atoms with van der Waals surface area (Å²) in [5.74, 6) is 0. The van der Waals surface area contributed by atoms with E-state index in [4.69, 9.17) is 0 Å². The molecule has 0 aromatic heterocycles. The fourth-order valence-corrected chi connectivity index (χ4v) is 4.38. The van der Waals surface area contributed by atoms with Crippen LogP contribution in [0.3, 0.4) is 0 Å². The third kappa shape index (κ3) is 2.98. The van der Waals surface area contributed by atoms with Crippen LogP contribution in [-0.4, -0.2) is 27.9 Å². The van der Waals surface area contributed by atoms with Crippen molar-refractivity contribution >= 4 is 0 Å². The van der Waals surface area contributed by atoms with E-state index in [1.165, 1.54) is 55.6 Å². The Kier molecular flexibility index (Phi) is 4.38. The minimum absolute atomic E-state index is 0.0991. The summed E-state index contributed by atoms with van der Waals surface area (Å²) < 4.78 is 0. The summed E-state index contributed by atoms with van der Waals surface area (Å²) >= 11 is 0. The van der Waals surface area contributed by atoms with Crippen molar-refractivity contribution in [2.45, 2.75) is 83.7 Å². The van der Waals surface area contributed by atoms with Gasteiger partial charge < -0.3 is 9.80 Å². The van der Waals surface area contributed by atoms with Crippen LogP contribution in [0.4, 0.5) is 0 Å². The van der Waals surface area contributed by atoms with Gasteiger partial charge in [0.2, 0.25) is 0 Å². The highest BCUT2D eigenvalue weighted by molar-refractivity contribution is 5.37. The molecule has 2 heteroatoms. The molecule has 0 radical (unpaired) electrons.